The van der Waals surface area contributed by atoms with E-state index in [9.17, 15) is 14.9 Å². The number of hydrazone groups is 1. The maximum Gasteiger partial charge on any atom is 0.269 e. The van der Waals surface area contributed by atoms with Gasteiger partial charge in [-0.15, -0.1) is 11.8 Å². The topological polar surface area (TPSA) is 89.5 Å². The Morgan fingerprint density at radius 1 is 1.18 bits per heavy atom. The number of carbonyl (C=O) groups excluding carboxylic acids is 1. The van der Waals surface area contributed by atoms with Crippen molar-refractivity contribution in [2.75, 3.05) is 5.75 Å². The molecule has 0 unspecified atom stereocenters. The third-order valence-corrected chi connectivity index (χ3v) is 4.95. The lowest BCUT2D eigenvalue weighted by Crippen LogP contribution is -2.19. The maximum absolute atomic E-state index is 11.9. The average Bonchev–Trinajstić information content (AvgIpc) is 3.16. The Morgan fingerprint density at radius 2 is 1.89 bits per heavy atom. The van der Waals surface area contributed by atoms with E-state index >= 15 is 0 Å². The number of hydrogen-bond acceptors (Lipinski definition) is 5. The number of carbonyl (C=O) groups is 1. The summed E-state index contributed by atoms with van der Waals surface area (Å²) in [7, 11) is 0. The van der Waals surface area contributed by atoms with E-state index in [1.54, 1.807) is 30.5 Å². The van der Waals surface area contributed by atoms with E-state index in [1.165, 1.54) is 23.9 Å². The SMILES string of the molecule is O=C(CSc1ccc([N+](=O)[O-])cc1)N/N=C/c1cccn1-c1ccc(Cl)cc1. The highest BCUT2D eigenvalue weighted by atomic mass is 35.5. The molecule has 7 nitrogen and oxygen atoms in total. The number of halogens is 1. The molecule has 142 valence electrons. The molecule has 0 atom stereocenters. The zero-order chi connectivity index (χ0) is 19.9. The number of non-ortho nitro benzene ring substituents is 1. The lowest BCUT2D eigenvalue weighted by Gasteiger charge is -2.06. The van der Waals surface area contributed by atoms with Crippen molar-refractivity contribution in [1.82, 2.24) is 9.99 Å². The number of nitrogens with zero attached hydrogens (tertiary/aromatic N) is 3. The van der Waals surface area contributed by atoms with Crippen molar-refractivity contribution < 1.29 is 9.72 Å². The molecule has 2 aromatic carbocycles. The fourth-order valence-electron chi connectivity index (χ4n) is 2.35. The zero-order valence-corrected chi connectivity index (χ0v) is 16.1. The molecule has 1 aromatic heterocycles. The van der Waals surface area contributed by atoms with Gasteiger partial charge in [0.05, 0.1) is 22.6 Å². The second-order valence-corrected chi connectivity index (χ2v) is 7.10. The van der Waals surface area contributed by atoms with E-state index in [0.29, 0.717) is 5.02 Å². The van der Waals surface area contributed by atoms with Crippen LogP contribution in [0.3, 0.4) is 0 Å². The van der Waals surface area contributed by atoms with Gasteiger partial charge in [-0.1, -0.05) is 11.6 Å². The lowest BCUT2D eigenvalue weighted by atomic mass is 10.3. The summed E-state index contributed by atoms with van der Waals surface area (Å²) in [6.07, 6.45) is 3.44. The van der Waals surface area contributed by atoms with E-state index in [1.807, 2.05) is 35.0 Å². The van der Waals surface area contributed by atoms with Crippen molar-refractivity contribution in [1.29, 1.82) is 0 Å². The first-order valence-electron chi connectivity index (χ1n) is 8.15. The van der Waals surface area contributed by atoms with Crippen molar-refractivity contribution in [2.24, 2.45) is 5.10 Å². The number of thioether (sulfide) groups is 1. The van der Waals surface area contributed by atoms with Crippen LogP contribution in [0.2, 0.25) is 5.02 Å². The molecule has 0 bridgehead atoms. The summed E-state index contributed by atoms with van der Waals surface area (Å²) in [5.41, 5.74) is 4.22. The van der Waals surface area contributed by atoms with Crippen LogP contribution in [-0.4, -0.2) is 27.4 Å². The molecule has 3 aromatic rings. The first-order valence-corrected chi connectivity index (χ1v) is 9.52. The fraction of sp³-hybridized carbons (Fsp3) is 0.0526. The summed E-state index contributed by atoms with van der Waals surface area (Å²) in [4.78, 5) is 22.9. The molecule has 0 saturated carbocycles. The number of hydrogen-bond donors (Lipinski definition) is 1. The molecule has 1 heterocycles. The van der Waals surface area contributed by atoms with Gasteiger partial charge in [-0.3, -0.25) is 14.9 Å². The van der Waals surface area contributed by atoms with Crippen LogP contribution in [0.1, 0.15) is 5.69 Å². The van der Waals surface area contributed by atoms with Gasteiger partial charge in [-0.2, -0.15) is 5.10 Å². The summed E-state index contributed by atoms with van der Waals surface area (Å²) >= 11 is 7.18. The fourth-order valence-corrected chi connectivity index (χ4v) is 3.17. The molecule has 9 heteroatoms. The normalized spacial score (nSPS) is 10.9. The molecular weight excluding hydrogens is 400 g/mol. The average molecular weight is 415 g/mol. The molecule has 0 fully saturated rings. The van der Waals surface area contributed by atoms with Crippen LogP contribution >= 0.6 is 23.4 Å². The van der Waals surface area contributed by atoms with Crippen LogP contribution in [-0.2, 0) is 4.79 Å². The number of nitrogens with one attached hydrogen (secondary N) is 1. The van der Waals surface area contributed by atoms with Crippen molar-refractivity contribution in [3.63, 3.8) is 0 Å². The van der Waals surface area contributed by atoms with Gasteiger partial charge in [-0.05, 0) is 48.5 Å². The number of nitro benzene ring substituents is 1. The molecule has 0 aliphatic heterocycles. The molecule has 1 amide bonds. The van der Waals surface area contributed by atoms with Crippen LogP contribution in [0.4, 0.5) is 5.69 Å². The standard InChI is InChI=1S/C19H15ClN4O3S/c20-14-3-5-15(6-4-14)23-11-1-2-17(23)12-21-22-19(25)13-28-18-9-7-16(8-10-18)24(26)27/h1-12H,13H2,(H,22,25)/b21-12+. The molecule has 0 aliphatic carbocycles. The first kappa shape index (κ1) is 19.7. The van der Waals surface area contributed by atoms with Crippen LogP contribution in [0.15, 0.2) is 76.9 Å². The predicted molar refractivity (Wildman–Crippen MR) is 110 cm³/mol. The van der Waals surface area contributed by atoms with Crippen molar-refractivity contribution in [2.45, 2.75) is 4.90 Å². The second-order valence-electron chi connectivity index (χ2n) is 5.61. The summed E-state index contributed by atoms with van der Waals surface area (Å²) < 4.78 is 1.91. The highest BCUT2D eigenvalue weighted by Crippen LogP contribution is 2.21. The molecule has 0 spiro atoms. The van der Waals surface area contributed by atoms with E-state index in [0.717, 1.165) is 16.3 Å². The smallest absolute Gasteiger partial charge is 0.269 e. The van der Waals surface area contributed by atoms with Crippen molar-refractivity contribution in [3.05, 3.63) is 87.7 Å². The summed E-state index contributed by atoms with van der Waals surface area (Å²) in [6, 6.07) is 17.2. The van der Waals surface area contributed by atoms with Crippen LogP contribution in [0.25, 0.3) is 5.69 Å². The maximum atomic E-state index is 11.9. The summed E-state index contributed by atoms with van der Waals surface area (Å²) in [5.74, 6) is -0.128. The Balaban J connectivity index is 1.53. The molecule has 1 N–H and O–H groups in total. The quantitative estimate of drug-likeness (QED) is 0.270. The first-order chi connectivity index (χ1) is 13.5. The minimum Gasteiger partial charge on any atom is -0.316 e. The van der Waals surface area contributed by atoms with Gasteiger partial charge < -0.3 is 4.57 Å². The highest BCUT2D eigenvalue weighted by Gasteiger charge is 2.06. The third kappa shape index (κ3) is 5.21. The molecule has 3 rings (SSSR count). The van der Waals surface area contributed by atoms with E-state index < -0.39 is 4.92 Å². The van der Waals surface area contributed by atoms with Gasteiger partial charge in [-0.25, -0.2) is 5.43 Å². The number of benzene rings is 2. The van der Waals surface area contributed by atoms with Crippen LogP contribution in [0.5, 0.6) is 0 Å². The Bertz CT molecular complexity index is 1000. The van der Waals surface area contributed by atoms with Gasteiger partial charge in [0, 0.05) is 33.9 Å². The highest BCUT2D eigenvalue weighted by molar-refractivity contribution is 8.00. The number of nitro groups is 1. The van der Waals surface area contributed by atoms with E-state index in [2.05, 4.69) is 10.5 Å². The number of aromatic nitrogens is 1. The van der Waals surface area contributed by atoms with E-state index in [4.69, 9.17) is 11.6 Å². The van der Waals surface area contributed by atoms with Crippen molar-refractivity contribution in [3.8, 4) is 5.69 Å². The van der Waals surface area contributed by atoms with Crippen molar-refractivity contribution >= 4 is 41.2 Å². The minimum atomic E-state index is -0.463. The molecule has 28 heavy (non-hydrogen) atoms. The Morgan fingerprint density at radius 3 is 2.57 bits per heavy atom. The molecule has 0 radical (unpaired) electrons. The zero-order valence-electron chi connectivity index (χ0n) is 14.5. The number of rotatable bonds is 7. The predicted octanol–water partition coefficient (Wildman–Crippen LogP) is 4.28. The molecule has 0 saturated heterocycles. The van der Waals surface area contributed by atoms with Gasteiger partial charge in [0.25, 0.3) is 5.69 Å². The van der Waals surface area contributed by atoms with E-state index in [-0.39, 0.29) is 17.3 Å². The van der Waals surface area contributed by atoms with Gasteiger partial charge >= 0.3 is 0 Å². The summed E-state index contributed by atoms with van der Waals surface area (Å²) in [6.45, 7) is 0. The molecular formula is C19H15ClN4O3S. The largest absolute Gasteiger partial charge is 0.316 e. The summed E-state index contributed by atoms with van der Waals surface area (Å²) in [5, 5.41) is 15.3. The Hall–Kier alpha value is -3.10. The Labute approximate surface area is 170 Å². The monoisotopic (exact) mass is 414 g/mol. The van der Waals surface area contributed by atoms with Crippen LogP contribution < -0.4 is 5.43 Å². The van der Waals surface area contributed by atoms with Gasteiger partial charge in [0.1, 0.15) is 0 Å². The lowest BCUT2D eigenvalue weighted by molar-refractivity contribution is -0.384. The van der Waals surface area contributed by atoms with Crippen LogP contribution in [0, 0.1) is 10.1 Å². The number of amides is 1. The van der Waals surface area contributed by atoms with Gasteiger partial charge in [0.2, 0.25) is 5.91 Å². The third-order valence-electron chi connectivity index (χ3n) is 3.69. The Kier molecular flexibility index (Phi) is 6.46. The second kappa shape index (κ2) is 9.20. The minimum absolute atomic E-state index is 0.0158. The van der Waals surface area contributed by atoms with Gasteiger partial charge in [0.15, 0.2) is 0 Å². The molecule has 0 aliphatic rings.